The average Bonchev–Trinajstić information content (AvgIpc) is 2.64. The normalized spacial score (nSPS) is 16.8. The molecule has 5 nitrogen and oxygen atoms in total. The molecule has 0 spiro atoms. The van der Waals surface area contributed by atoms with Gasteiger partial charge in [-0.25, -0.2) is 0 Å². The number of ether oxygens (including phenoxy) is 1. The van der Waals surface area contributed by atoms with Gasteiger partial charge in [-0.2, -0.15) is 0 Å². The minimum absolute atomic E-state index is 0. The van der Waals surface area contributed by atoms with Crippen molar-refractivity contribution in [1.82, 2.24) is 15.5 Å². The van der Waals surface area contributed by atoms with E-state index in [-0.39, 0.29) is 24.0 Å². The third kappa shape index (κ3) is 8.37. The van der Waals surface area contributed by atoms with E-state index < -0.39 is 0 Å². The molecule has 1 heterocycles. The van der Waals surface area contributed by atoms with Crippen molar-refractivity contribution in [3.63, 3.8) is 0 Å². The van der Waals surface area contributed by atoms with Gasteiger partial charge in [0.25, 0.3) is 0 Å². The fraction of sp³-hybridized carbons (Fsp3) is 0.632. The Balaban J connectivity index is 0.00000312. The maximum Gasteiger partial charge on any atom is 0.191 e. The van der Waals surface area contributed by atoms with Crippen LogP contribution in [0.1, 0.15) is 31.7 Å². The second-order valence-electron chi connectivity index (χ2n) is 6.12. The first kappa shape index (κ1) is 22.2. The minimum atomic E-state index is 0. The number of hydrogen-bond donors (Lipinski definition) is 2. The molecule has 1 aromatic carbocycles. The summed E-state index contributed by atoms with van der Waals surface area (Å²) in [5.41, 5.74) is 1.37. The molecule has 1 aromatic rings. The van der Waals surface area contributed by atoms with Crippen molar-refractivity contribution in [3.05, 3.63) is 35.9 Å². The van der Waals surface area contributed by atoms with Crippen LogP contribution in [-0.4, -0.2) is 63.3 Å². The number of rotatable bonds is 8. The van der Waals surface area contributed by atoms with Gasteiger partial charge in [0.05, 0.1) is 13.2 Å². The zero-order chi connectivity index (χ0) is 17.0. The lowest BCUT2D eigenvalue weighted by Gasteiger charge is -2.26. The molecule has 0 saturated carbocycles. The van der Waals surface area contributed by atoms with Gasteiger partial charge in [0.1, 0.15) is 0 Å². The van der Waals surface area contributed by atoms with Crippen LogP contribution in [0, 0.1) is 0 Å². The fourth-order valence-corrected chi connectivity index (χ4v) is 2.90. The first-order valence-corrected chi connectivity index (χ1v) is 9.20. The van der Waals surface area contributed by atoms with Gasteiger partial charge < -0.3 is 15.4 Å². The number of hydrogen-bond acceptors (Lipinski definition) is 3. The Morgan fingerprint density at radius 3 is 2.52 bits per heavy atom. The molecule has 1 saturated heterocycles. The number of halogens is 1. The molecular weight excluding hydrogens is 427 g/mol. The van der Waals surface area contributed by atoms with Gasteiger partial charge in [-0.15, -0.1) is 24.0 Å². The molecule has 0 aliphatic carbocycles. The molecule has 2 N–H and O–H groups in total. The summed E-state index contributed by atoms with van der Waals surface area (Å²) in [5, 5.41) is 6.80. The summed E-state index contributed by atoms with van der Waals surface area (Å²) in [6, 6.07) is 10.7. The van der Waals surface area contributed by atoms with E-state index in [1.54, 1.807) is 0 Å². The van der Waals surface area contributed by atoms with E-state index in [1.807, 2.05) is 0 Å². The molecule has 1 aliphatic heterocycles. The van der Waals surface area contributed by atoms with Crippen LogP contribution in [0.2, 0.25) is 0 Å². The van der Waals surface area contributed by atoms with Crippen molar-refractivity contribution >= 4 is 29.9 Å². The first-order valence-electron chi connectivity index (χ1n) is 9.20. The molecule has 1 fully saturated rings. The van der Waals surface area contributed by atoms with Crippen LogP contribution in [0.4, 0.5) is 0 Å². The SMILES string of the molecule is CCNC(=NCC(CC)c1ccccc1)NCCN1CCOCC1.I. The number of benzene rings is 1. The average molecular weight is 460 g/mol. The van der Waals surface area contributed by atoms with Crippen molar-refractivity contribution in [1.29, 1.82) is 0 Å². The lowest BCUT2D eigenvalue weighted by Crippen LogP contribution is -2.44. The van der Waals surface area contributed by atoms with Gasteiger partial charge >= 0.3 is 0 Å². The monoisotopic (exact) mass is 460 g/mol. The van der Waals surface area contributed by atoms with Crippen LogP contribution in [-0.2, 0) is 4.74 Å². The number of aliphatic imine (C=N–C) groups is 1. The minimum Gasteiger partial charge on any atom is -0.379 e. The molecule has 6 heteroatoms. The topological polar surface area (TPSA) is 48.9 Å². The molecule has 2 rings (SSSR count). The highest BCUT2D eigenvalue weighted by Gasteiger charge is 2.11. The predicted molar refractivity (Wildman–Crippen MR) is 116 cm³/mol. The van der Waals surface area contributed by atoms with Gasteiger partial charge in [0.2, 0.25) is 0 Å². The summed E-state index contributed by atoms with van der Waals surface area (Å²) in [5.74, 6) is 1.39. The van der Waals surface area contributed by atoms with E-state index in [0.717, 1.165) is 64.9 Å². The molecule has 142 valence electrons. The fourth-order valence-electron chi connectivity index (χ4n) is 2.90. The Bertz CT molecular complexity index is 478. The summed E-state index contributed by atoms with van der Waals surface area (Å²) in [6.07, 6.45) is 1.10. The van der Waals surface area contributed by atoms with Gasteiger partial charge in [-0.3, -0.25) is 9.89 Å². The van der Waals surface area contributed by atoms with Crippen molar-refractivity contribution < 1.29 is 4.74 Å². The summed E-state index contributed by atoms with van der Waals surface area (Å²) >= 11 is 0. The summed E-state index contributed by atoms with van der Waals surface area (Å²) in [6.45, 7) is 11.7. The molecule has 1 unspecified atom stereocenters. The maximum atomic E-state index is 5.39. The smallest absolute Gasteiger partial charge is 0.191 e. The van der Waals surface area contributed by atoms with Gasteiger partial charge in [0.15, 0.2) is 5.96 Å². The highest BCUT2D eigenvalue weighted by atomic mass is 127. The van der Waals surface area contributed by atoms with Crippen molar-refractivity contribution in [2.75, 3.05) is 52.5 Å². The van der Waals surface area contributed by atoms with E-state index in [0.29, 0.717) is 5.92 Å². The Kier molecular flexibility index (Phi) is 11.9. The Morgan fingerprint density at radius 1 is 1.16 bits per heavy atom. The largest absolute Gasteiger partial charge is 0.379 e. The van der Waals surface area contributed by atoms with E-state index in [4.69, 9.17) is 9.73 Å². The lowest BCUT2D eigenvalue weighted by atomic mass is 9.97. The van der Waals surface area contributed by atoms with Crippen LogP contribution in [0.15, 0.2) is 35.3 Å². The van der Waals surface area contributed by atoms with Crippen molar-refractivity contribution in [2.24, 2.45) is 4.99 Å². The van der Waals surface area contributed by atoms with Crippen LogP contribution in [0.25, 0.3) is 0 Å². The lowest BCUT2D eigenvalue weighted by molar-refractivity contribution is 0.0389. The Hall–Kier alpha value is -0.860. The molecule has 0 aromatic heterocycles. The third-order valence-electron chi connectivity index (χ3n) is 4.40. The summed E-state index contributed by atoms with van der Waals surface area (Å²) < 4.78 is 5.39. The van der Waals surface area contributed by atoms with Crippen LogP contribution in [0.5, 0.6) is 0 Å². The molecule has 1 aliphatic rings. The highest BCUT2D eigenvalue weighted by molar-refractivity contribution is 14.0. The quantitative estimate of drug-likeness (QED) is 0.356. The van der Waals surface area contributed by atoms with E-state index in [2.05, 4.69) is 59.7 Å². The second kappa shape index (κ2) is 13.4. The van der Waals surface area contributed by atoms with Crippen LogP contribution < -0.4 is 10.6 Å². The maximum absolute atomic E-state index is 5.39. The standard InChI is InChI=1S/C19H32N4O.HI/c1-3-17(18-8-6-5-7-9-18)16-22-19(20-4-2)21-10-11-23-12-14-24-15-13-23;/h5-9,17H,3-4,10-16H2,1-2H3,(H2,20,21,22);1H. The van der Waals surface area contributed by atoms with Crippen molar-refractivity contribution in [2.45, 2.75) is 26.2 Å². The molecule has 1 atom stereocenters. The first-order chi connectivity index (χ1) is 11.8. The molecular formula is C19H33IN4O. The van der Waals surface area contributed by atoms with Crippen molar-refractivity contribution in [3.8, 4) is 0 Å². The molecule has 0 amide bonds. The summed E-state index contributed by atoms with van der Waals surface area (Å²) in [7, 11) is 0. The number of guanidine groups is 1. The van der Waals surface area contributed by atoms with E-state index in [1.165, 1.54) is 5.56 Å². The highest BCUT2D eigenvalue weighted by Crippen LogP contribution is 2.19. The summed E-state index contributed by atoms with van der Waals surface area (Å²) in [4.78, 5) is 7.22. The van der Waals surface area contributed by atoms with Crippen LogP contribution in [0.3, 0.4) is 0 Å². The Morgan fingerprint density at radius 2 is 1.88 bits per heavy atom. The Labute approximate surface area is 169 Å². The number of nitrogens with zero attached hydrogens (tertiary/aromatic N) is 2. The molecule has 0 radical (unpaired) electrons. The zero-order valence-corrected chi connectivity index (χ0v) is 17.9. The predicted octanol–water partition coefficient (Wildman–Crippen LogP) is 2.69. The number of morpholine rings is 1. The zero-order valence-electron chi connectivity index (χ0n) is 15.5. The second-order valence-corrected chi connectivity index (χ2v) is 6.12. The van der Waals surface area contributed by atoms with Crippen LogP contribution >= 0.6 is 24.0 Å². The van der Waals surface area contributed by atoms with E-state index in [9.17, 15) is 0 Å². The molecule has 25 heavy (non-hydrogen) atoms. The van der Waals surface area contributed by atoms with E-state index >= 15 is 0 Å². The van der Waals surface area contributed by atoms with Gasteiger partial charge in [-0.05, 0) is 18.9 Å². The number of nitrogens with one attached hydrogen (secondary N) is 2. The third-order valence-corrected chi connectivity index (χ3v) is 4.40. The van der Waals surface area contributed by atoms with Gasteiger partial charge in [-0.1, -0.05) is 37.3 Å². The molecule has 0 bridgehead atoms. The van der Waals surface area contributed by atoms with Gasteiger partial charge in [0, 0.05) is 45.2 Å².